The number of hydrogen-bond acceptors (Lipinski definition) is 3. The molecule has 96 valence electrons. The van der Waals surface area contributed by atoms with Crippen LogP contribution in [0.4, 0.5) is 5.69 Å². The van der Waals surface area contributed by atoms with Crippen LogP contribution in [0.3, 0.4) is 0 Å². The van der Waals surface area contributed by atoms with E-state index < -0.39 is 0 Å². The summed E-state index contributed by atoms with van der Waals surface area (Å²) in [7, 11) is 0. The first-order valence-electron chi connectivity index (χ1n) is 5.83. The van der Waals surface area contributed by atoms with E-state index in [-0.39, 0.29) is 0 Å². The van der Waals surface area contributed by atoms with Gasteiger partial charge in [0.25, 0.3) is 0 Å². The Labute approximate surface area is 123 Å². The topological polar surface area (TPSA) is 43.8 Å². The molecule has 0 aliphatic carbocycles. The first-order chi connectivity index (χ1) is 9.22. The van der Waals surface area contributed by atoms with Crippen molar-refractivity contribution in [2.75, 3.05) is 5.73 Å². The van der Waals surface area contributed by atoms with Gasteiger partial charge in [0.2, 0.25) is 0 Å². The smallest absolute Gasteiger partial charge is 0.125 e. The van der Waals surface area contributed by atoms with Gasteiger partial charge in [-0.1, -0.05) is 30.3 Å². The van der Waals surface area contributed by atoms with Gasteiger partial charge in [-0.25, -0.2) is 0 Å². The highest BCUT2D eigenvalue weighted by Crippen LogP contribution is 2.32. The predicted octanol–water partition coefficient (Wildman–Crippen LogP) is 4.00. The van der Waals surface area contributed by atoms with E-state index in [1.807, 2.05) is 40.5 Å². The van der Waals surface area contributed by atoms with Crippen LogP contribution in [0.25, 0.3) is 10.6 Å². The quantitative estimate of drug-likeness (QED) is 0.787. The summed E-state index contributed by atoms with van der Waals surface area (Å²) in [6, 6.07) is 12.3. The number of hydrogen-bond donors (Lipinski definition) is 1. The van der Waals surface area contributed by atoms with Crippen molar-refractivity contribution in [3.63, 3.8) is 0 Å². The van der Waals surface area contributed by atoms with Crippen LogP contribution in [0, 0.1) is 0 Å². The lowest BCUT2D eigenvalue weighted by Gasteiger charge is -2.00. The van der Waals surface area contributed by atoms with Gasteiger partial charge in [0.15, 0.2) is 0 Å². The second kappa shape index (κ2) is 5.19. The van der Waals surface area contributed by atoms with Crippen LogP contribution in [0.1, 0.15) is 5.56 Å². The first kappa shape index (κ1) is 12.4. The molecule has 0 saturated heterocycles. The molecular weight excluding hydrogens is 322 g/mol. The van der Waals surface area contributed by atoms with Gasteiger partial charge >= 0.3 is 0 Å². The van der Waals surface area contributed by atoms with Crippen LogP contribution < -0.4 is 5.73 Å². The third-order valence-electron chi connectivity index (χ3n) is 2.78. The van der Waals surface area contributed by atoms with Crippen molar-refractivity contribution in [3.8, 4) is 10.6 Å². The lowest BCUT2D eigenvalue weighted by molar-refractivity contribution is 0.690. The van der Waals surface area contributed by atoms with Crippen LogP contribution in [0.15, 0.2) is 52.4 Å². The van der Waals surface area contributed by atoms with Gasteiger partial charge in [-0.3, -0.25) is 4.68 Å². The summed E-state index contributed by atoms with van der Waals surface area (Å²) in [5.41, 5.74) is 8.82. The van der Waals surface area contributed by atoms with E-state index in [2.05, 4.69) is 33.2 Å². The van der Waals surface area contributed by atoms with E-state index in [0.29, 0.717) is 5.69 Å². The number of nitrogens with zero attached hydrogens (tertiary/aromatic N) is 2. The Balaban J connectivity index is 1.89. The molecule has 0 amide bonds. The summed E-state index contributed by atoms with van der Waals surface area (Å²) >= 11 is 5.08. The van der Waals surface area contributed by atoms with Crippen LogP contribution in [-0.4, -0.2) is 9.78 Å². The maximum atomic E-state index is 6.04. The molecule has 0 aliphatic heterocycles. The Morgan fingerprint density at radius 2 is 2.05 bits per heavy atom. The molecule has 0 aliphatic rings. The lowest BCUT2D eigenvalue weighted by Crippen LogP contribution is -1.99. The number of halogens is 1. The average molecular weight is 334 g/mol. The van der Waals surface area contributed by atoms with Crippen molar-refractivity contribution in [1.29, 1.82) is 0 Å². The fraction of sp³-hybridized carbons (Fsp3) is 0.0714. The minimum Gasteiger partial charge on any atom is -0.396 e. The molecule has 1 aromatic carbocycles. The largest absolute Gasteiger partial charge is 0.396 e. The van der Waals surface area contributed by atoms with Gasteiger partial charge in [-0.15, -0.1) is 11.3 Å². The van der Waals surface area contributed by atoms with Gasteiger partial charge < -0.3 is 5.73 Å². The SMILES string of the molecule is Nc1cn(Cc2ccccc2)nc1-c1cc(Br)cs1. The summed E-state index contributed by atoms with van der Waals surface area (Å²) in [5, 5.41) is 6.60. The minimum atomic E-state index is 0.713. The summed E-state index contributed by atoms with van der Waals surface area (Å²) in [6.07, 6.45) is 1.88. The molecule has 0 spiro atoms. The third kappa shape index (κ3) is 2.72. The third-order valence-corrected chi connectivity index (χ3v) is 4.48. The summed E-state index contributed by atoms with van der Waals surface area (Å²) in [5.74, 6) is 0. The number of rotatable bonds is 3. The highest BCUT2D eigenvalue weighted by atomic mass is 79.9. The van der Waals surface area contributed by atoms with Crippen LogP contribution in [0.5, 0.6) is 0 Å². The molecule has 5 heteroatoms. The molecule has 2 heterocycles. The fourth-order valence-corrected chi connectivity index (χ4v) is 3.35. The first-order valence-corrected chi connectivity index (χ1v) is 7.51. The monoisotopic (exact) mass is 333 g/mol. The second-order valence-corrected chi connectivity index (χ2v) is 6.07. The molecular formula is C14H12BrN3S. The van der Waals surface area contributed by atoms with Crippen molar-refractivity contribution < 1.29 is 0 Å². The Morgan fingerprint density at radius 3 is 2.74 bits per heavy atom. The molecule has 0 unspecified atom stereocenters. The maximum absolute atomic E-state index is 6.04. The van der Waals surface area contributed by atoms with E-state index in [4.69, 9.17) is 5.73 Å². The number of nitrogens with two attached hydrogens (primary N) is 1. The Hall–Kier alpha value is -1.59. The van der Waals surface area contributed by atoms with Crippen LogP contribution >= 0.6 is 27.3 Å². The van der Waals surface area contributed by atoms with E-state index >= 15 is 0 Å². The molecule has 0 atom stereocenters. The van der Waals surface area contributed by atoms with Crippen molar-refractivity contribution in [3.05, 3.63) is 58.0 Å². The normalized spacial score (nSPS) is 10.8. The molecule has 2 aromatic heterocycles. The molecule has 3 nitrogen and oxygen atoms in total. The van der Waals surface area contributed by atoms with Crippen molar-refractivity contribution in [2.24, 2.45) is 0 Å². The predicted molar refractivity (Wildman–Crippen MR) is 83.2 cm³/mol. The molecule has 0 fully saturated rings. The number of anilines is 1. The number of aromatic nitrogens is 2. The number of benzene rings is 1. The van der Waals surface area contributed by atoms with E-state index in [1.54, 1.807) is 11.3 Å². The van der Waals surface area contributed by atoms with E-state index in [0.717, 1.165) is 21.6 Å². The Kier molecular flexibility index (Phi) is 3.40. The Morgan fingerprint density at radius 1 is 1.26 bits per heavy atom. The highest BCUT2D eigenvalue weighted by molar-refractivity contribution is 9.10. The van der Waals surface area contributed by atoms with Crippen molar-refractivity contribution >= 4 is 33.0 Å². The highest BCUT2D eigenvalue weighted by Gasteiger charge is 2.10. The number of thiophene rings is 1. The fourth-order valence-electron chi connectivity index (χ4n) is 1.92. The molecule has 19 heavy (non-hydrogen) atoms. The van der Waals surface area contributed by atoms with Crippen molar-refractivity contribution in [2.45, 2.75) is 6.54 Å². The molecule has 2 N–H and O–H groups in total. The van der Waals surface area contributed by atoms with E-state index in [1.165, 1.54) is 5.56 Å². The second-order valence-electron chi connectivity index (χ2n) is 4.25. The average Bonchev–Trinajstić information content (AvgIpc) is 2.97. The maximum Gasteiger partial charge on any atom is 0.125 e. The zero-order chi connectivity index (χ0) is 13.2. The molecule has 0 radical (unpaired) electrons. The number of nitrogen functional groups attached to an aromatic ring is 1. The zero-order valence-electron chi connectivity index (χ0n) is 10.1. The molecule has 3 aromatic rings. The summed E-state index contributed by atoms with van der Waals surface area (Å²) in [6.45, 7) is 0.734. The molecule has 3 rings (SSSR count). The van der Waals surface area contributed by atoms with Gasteiger partial charge in [0, 0.05) is 16.0 Å². The summed E-state index contributed by atoms with van der Waals surface area (Å²) < 4.78 is 2.94. The summed E-state index contributed by atoms with van der Waals surface area (Å²) in [4.78, 5) is 1.08. The van der Waals surface area contributed by atoms with Gasteiger partial charge in [-0.05, 0) is 27.6 Å². The standard InChI is InChI=1S/C14H12BrN3S/c15-11-6-13(19-9-11)14-12(16)8-18(17-14)7-10-4-2-1-3-5-10/h1-6,8-9H,7,16H2. The molecule has 0 saturated carbocycles. The van der Waals surface area contributed by atoms with Gasteiger partial charge in [0.05, 0.1) is 17.1 Å². The van der Waals surface area contributed by atoms with Crippen LogP contribution in [-0.2, 0) is 6.54 Å². The lowest BCUT2D eigenvalue weighted by atomic mass is 10.2. The van der Waals surface area contributed by atoms with Gasteiger partial charge in [0.1, 0.15) is 5.69 Å². The van der Waals surface area contributed by atoms with Crippen molar-refractivity contribution in [1.82, 2.24) is 9.78 Å². The molecule has 0 bridgehead atoms. The van der Waals surface area contributed by atoms with Gasteiger partial charge in [-0.2, -0.15) is 5.10 Å². The van der Waals surface area contributed by atoms with Crippen LogP contribution in [0.2, 0.25) is 0 Å². The van der Waals surface area contributed by atoms with E-state index in [9.17, 15) is 0 Å². The Bertz CT molecular complexity index is 688. The minimum absolute atomic E-state index is 0.713. The zero-order valence-corrected chi connectivity index (χ0v) is 12.5.